The van der Waals surface area contributed by atoms with E-state index in [0.717, 1.165) is 23.5 Å². The number of non-ortho nitro benzene ring substituents is 1. The average Bonchev–Trinajstić information content (AvgIpc) is 2.87. The maximum Gasteiger partial charge on any atom is 0.270 e. The number of benzene rings is 1. The Bertz CT molecular complexity index is 824. The van der Waals surface area contributed by atoms with Crippen LogP contribution in [0, 0.1) is 24.0 Å². The number of carbonyl (C=O) groups excluding carboxylic acids is 1. The highest BCUT2D eigenvalue weighted by atomic mass is 16.6. The van der Waals surface area contributed by atoms with E-state index in [9.17, 15) is 14.9 Å². The fourth-order valence-electron chi connectivity index (χ4n) is 2.62. The summed E-state index contributed by atoms with van der Waals surface area (Å²) in [5.74, 6) is -0.172. The molecule has 0 bridgehead atoms. The number of nitro groups is 1. The summed E-state index contributed by atoms with van der Waals surface area (Å²) in [7, 11) is 1.72. The van der Waals surface area contributed by atoms with Gasteiger partial charge in [-0.1, -0.05) is 12.1 Å². The minimum absolute atomic E-state index is 0.00110. The van der Waals surface area contributed by atoms with Gasteiger partial charge in [0.2, 0.25) is 5.91 Å². The highest BCUT2D eigenvalue weighted by molar-refractivity contribution is 5.91. The lowest BCUT2D eigenvalue weighted by atomic mass is 10.1. The second kappa shape index (κ2) is 7.74. The van der Waals surface area contributed by atoms with Crippen molar-refractivity contribution in [3.63, 3.8) is 0 Å². The monoisotopic (exact) mass is 342 g/mol. The van der Waals surface area contributed by atoms with Crippen molar-refractivity contribution < 1.29 is 9.72 Å². The van der Waals surface area contributed by atoms with Gasteiger partial charge in [0.05, 0.1) is 10.6 Å². The number of aryl methyl sites for hydroxylation is 2. The molecule has 25 heavy (non-hydrogen) atoms. The van der Waals surface area contributed by atoms with Crippen LogP contribution in [0.1, 0.15) is 29.4 Å². The molecular formula is C18H22N4O3. The molecule has 2 rings (SSSR count). The summed E-state index contributed by atoms with van der Waals surface area (Å²) in [6.07, 6.45) is 3.01. The van der Waals surface area contributed by atoms with Crippen LogP contribution in [0.2, 0.25) is 0 Å². The third-order valence-corrected chi connectivity index (χ3v) is 4.10. The van der Waals surface area contributed by atoms with E-state index in [4.69, 9.17) is 0 Å². The summed E-state index contributed by atoms with van der Waals surface area (Å²) < 4.78 is 1.92. The van der Waals surface area contributed by atoms with Crippen molar-refractivity contribution in [2.45, 2.75) is 33.9 Å². The number of carbonyl (C=O) groups is 1. The third kappa shape index (κ3) is 4.32. The number of rotatable bonds is 6. The Labute approximate surface area is 146 Å². The van der Waals surface area contributed by atoms with Gasteiger partial charge >= 0.3 is 0 Å². The number of aromatic nitrogens is 2. The van der Waals surface area contributed by atoms with E-state index in [0.29, 0.717) is 12.1 Å². The SMILES string of the molecule is CCn1nc(C)c(CN(C)C(=O)/C=C/c2cccc([N+](=O)[O-])c2)c1C. The van der Waals surface area contributed by atoms with Crippen LogP contribution in [-0.4, -0.2) is 32.6 Å². The quantitative estimate of drug-likeness (QED) is 0.459. The second-order valence-electron chi connectivity index (χ2n) is 5.84. The van der Waals surface area contributed by atoms with Crippen LogP contribution in [0.3, 0.4) is 0 Å². The summed E-state index contributed by atoms with van der Waals surface area (Å²) >= 11 is 0. The molecule has 0 spiro atoms. The molecule has 1 aromatic heterocycles. The number of amides is 1. The topological polar surface area (TPSA) is 81.3 Å². The van der Waals surface area contributed by atoms with Gasteiger partial charge in [0, 0.05) is 49.6 Å². The fraction of sp³-hybridized carbons (Fsp3) is 0.333. The molecule has 0 fully saturated rings. The van der Waals surface area contributed by atoms with Crippen molar-refractivity contribution in [3.8, 4) is 0 Å². The van der Waals surface area contributed by atoms with Crippen LogP contribution in [-0.2, 0) is 17.9 Å². The van der Waals surface area contributed by atoms with Gasteiger partial charge in [-0.3, -0.25) is 19.6 Å². The molecule has 0 N–H and O–H groups in total. The van der Waals surface area contributed by atoms with Crippen molar-refractivity contribution in [1.29, 1.82) is 0 Å². The minimum Gasteiger partial charge on any atom is -0.338 e. The molecule has 2 aromatic rings. The van der Waals surface area contributed by atoms with Crippen LogP contribution < -0.4 is 0 Å². The first kappa shape index (κ1) is 18.4. The van der Waals surface area contributed by atoms with E-state index >= 15 is 0 Å². The lowest BCUT2D eigenvalue weighted by Crippen LogP contribution is -2.24. The molecule has 0 aliphatic rings. The molecule has 1 aromatic carbocycles. The second-order valence-corrected chi connectivity index (χ2v) is 5.84. The van der Waals surface area contributed by atoms with Gasteiger partial charge in [-0.2, -0.15) is 5.10 Å². The Morgan fingerprint density at radius 2 is 2.12 bits per heavy atom. The van der Waals surface area contributed by atoms with Crippen LogP contribution in [0.15, 0.2) is 30.3 Å². The Balaban J connectivity index is 2.09. The first-order chi connectivity index (χ1) is 11.8. The zero-order valence-electron chi connectivity index (χ0n) is 14.9. The fourth-order valence-corrected chi connectivity index (χ4v) is 2.62. The Kier molecular flexibility index (Phi) is 5.69. The van der Waals surface area contributed by atoms with Crippen LogP contribution in [0.5, 0.6) is 0 Å². The molecule has 0 saturated carbocycles. The maximum absolute atomic E-state index is 12.3. The molecule has 0 aliphatic heterocycles. The molecule has 0 aliphatic carbocycles. The number of nitro benzene ring substituents is 1. The summed E-state index contributed by atoms with van der Waals surface area (Å²) in [5, 5.41) is 15.2. The highest BCUT2D eigenvalue weighted by Crippen LogP contribution is 2.16. The van der Waals surface area contributed by atoms with Gasteiger partial charge < -0.3 is 4.90 Å². The molecular weight excluding hydrogens is 320 g/mol. The molecule has 7 nitrogen and oxygen atoms in total. The molecule has 0 saturated heterocycles. The molecule has 7 heteroatoms. The van der Waals surface area contributed by atoms with Crippen molar-refractivity contribution >= 4 is 17.7 Å². The van der Waals surface area contributed by atoms with Crippen LogP contribution in [0.4, 0.5) is 5.69 Å². The molecule has 132 valence electrons. The average molecular weight is 342 g/mol. The molecule has 0 radical (unpaired) electrons. The van der Waals surface area contributed by atoms with Gasteiger partial charge in [-0.25, -0.2) is 0 Å². The molecule has 1 heterocycles. The van der Waals surface area contributed by atoms with Gasteiger partial charge in [-0.15, -0.1) is 0 Å². The van der Waals surface area contributed by atoms with E-state index in [1.165, 1.54) is 18.2 Å². The summed E-state index contributed by atoms with van der Waals surface area (Å²) in [5.41, 5.74) is 3.63. The van der Waals surface area contributed by atoms with E-state index in [1.54, 1.807) is 30.2 Å². The predicted molar refractivity (Wildman–Crippen MR) is 96.0 cm³/mol. The van der Waals surface area contributed by atoms with Crippen LogP contribution in [0.25, 0.3) is 6.08 Å². The van der Waals surface area contributed by atoms with E-state index < -0.39 is 4.92 Å². The van der Waals surface area contributed by atoms with E-state index in [1.807, 2.05) is 25.5 Å². The van der Waals surface area contributed by atoms with E-state index in [2.05, 4.69) is 5.10 Å². The van der Waals surface area contributed by atoms with E-state index in [-0.39, 0.29) is 11.6 Å². The largest absolute Gasteiger partial charge is 0.338 e. The lowest BCUT2D eigenvalue weighted by Gasteiger charge is -2.15. The number of likely N-dealkylation sites (N-methyl/N-ethyl adjacent to an activating group) is 1. The van der Waals surface area contributed by atoms with Gasteiger partial charge in [-0.05, 0) is 32.4 Å². The van der Waals surface area contributed by atoms with Crippen molar-refractivity contribution in [2.24, 2.45) is 0 Å². The standard InChI is InChI=1S/C18H22N4O3/c1-5-21-14(3)17(13(2)19-21)12-20(4)18(23)10-9-15-7-6-8-16(11-15)22(24)25/h6-11H,5,12H2,1-4H3/b10-9+. The third-order valence-electron chi connectivity index (χ3n) is 4.10. The Morgan fingerprint density at radius 3 is 2.72 bits per heavy atom. The normalized spacial score (nSPS) is 11.0. The highest BCUT2D eigenvalue weighted by Gasteiger charge is 2.14. The lowest BCUT2D eigenvalue weighted by molar-refractivity contribution is -0.384. The number of nitrogens with zero attached hydrogens (tertiary/aromatic N) is 4. The first-order valence-electron chi connectivity index (χ1n) is 8.04. The molecule has 1 amide bonds. The van der Waals surface area contributed by atoms with Gasteiger partial charge in [0.15, 0.2) is 0 Å². The smallest absolute Gasteiger partial charge is 0.270 e. The van der Waals surface area contributed by atoms with Crippen molar-refractivity contribution in [3.05, 3.63) is 63.0 Å². The number of hydrogen-bond acceptors (Lipinski definition) is 4. The maximum atomic E-state index is 12.3. The Morgan fingerprint density at radius 1 is 1.40 bits per heavy atom. The Hall–Kier alpha value is -2.96. The molecule has 0 unspecified atom stereocenters. The number of hydrogen-bond donors (Lipinski definition) is 0. The van der Waals surface area contributed by atoms with Crippen molar-refractivity contribution in [2.75, 3.05) is 7.05 Å². The van der Waals surface area contributed by atoms with Gasteiger partial charge in [0.1, 0.15) is 0 Å². The summed E-state index contributed by atoms with van der Waals surface area (Å²) in [4.78, 5) is 24.3. The molecule has 0 atom stereocenters. The van der Waals surface area contributed by atoms with Crippen LogP contribution >= 0.6 is 0 Å². The van der Waals surface area contributed by atoms with Gasteiger partial charge in [0.25, 0.3) is 5.69 Å². The zero-order chi connectivity index (χ0) is 18.6. The first-order valence-corrected chi connectivity index (χ1v) is 8.04. The minimum atomic E-state index is -0.456. The predicted octanol–water partition coefficient (Wildman–Crippen LogP) is 3.10. The summed E-state index contributed by atoms with van der Waals surface area (Å²) in [6.45, 7) is 7.22. The summed E-state index contributed by atoms with van der Waals surface area (Å²) in [6, 6.07) is 6.17. The zero-order valence-corrected chi connectivity index (χ0v) is 14.9. The van der Waals surface area contributed by atoms with Crippen molar-refractivity contribution in [1.82, 2.24) is 14.7 Å².